The van der Waals surface area contributed by atoms with Crippen molar-refractivity contribution in [3.8, 4) is 5.75 Å². The predicted molar refractivity (Wildman–Crippen MR) is 134 cm³/mol. The third kappa shape index (κ3) is 4.54. The maximum atomic E-state index is 13.9. The Kier molecular flexibility index (Phi) is 6.94. The first-order valence-electron chi connectivity index (χ1n) is 11.4. The Hall–Kier alpha value is -3.64. The second-order valence-electron chi connectivity index (χ2n) is 8.28. The summed E-state index contributed by atoms with van der Waals surface area (Å²) in [5.41, 5.74) is 3.08. The lowest BCUT2D eigenvalue weighted by Crippen LogP contribution is -2.29. The largest absolute Gasteiger partial charge is 0.507 e. The fourth-order valence-corrected chi connectivity index (χ4v) is 4.43. The van der Waals surface area contributed by atoms with Gasteiger partial charge in [-0.3, -0.25) is 14.5 Å². The van der Waals surface area contributed by atoms with E-state index in [2.05, 4.69) is 0 Å². The van der Waals surface area contributed by atoms with Crippen LogP contribution in [0.25, 0.3) is 5.76 Å². The van der Waals surface area contributed by atoms with Gasteiger partial charge in [-0.25, -0.2) is 4.39 Å². The molecule has 5 nitrogen and oxygen atoms in total. The summed E-state index contributed by atoms with van der Waals surface area (Å²) in [6, 6.07) is 15.5. The molecule has 1 heterocycles. The normalized spacial score (nSPS) is 17.2. The lowest BCUT2D eigenvalue weighted by molar-refractivity contribution is -0.132. The average molecular weight is 494 g/mol. The number of rotatable bonds is 6. The summed E-state index contributed by atoms with van der Waals surface area (Å²) in [5, 5.41) is 11.1. The molecule has 180 valence electrons. The van der Waals surface area contributed by atoms with Gasteiger partial charge in [-0.1, -0.05) is 42.8 Å². The van der Waals surface area contributed by atoms with Crippen molar-refractivity contribution in [2.24, 2.45) is 0 Å². The lowest BCUT2D eigenvalue weighted by Gasteiger charge is -2.26. The minimum absolute atomic E-state index is 0.0525. The van der Waals surface area contributed by atoms with E-state index in [0.29, 0.717) is 23.5 Å². The minimum Gasteiger partial charge on any atom is -0.507 e. The molecule has 0 aromatic heterocycles. The molecule has 1 unspecified atom stereocenters. The molecule has 0 bridgehead atoms. The van der Waals surface area contributed by atoms with Crippen molar-refractivity contribution in [2.75, 3.05) is 11.5 Å². The number of ether oxygens (including phenoxy) is 1. The van der Waals surface area contributed by atoms with Crippen LogP contribution in [0.4, 0.5) is 10.1 Å². The van der Waals surface area contributed by atoms with Gasteiger partial charge in [-0.2, -0.15) is 0 Å². The number of hydrogen-bond donors (Lipinski definition) is 1. The highest BCUT2D eigenvalue weighted by Gasteiger charge is 2.47. The molecule has 1 atom stereocenters. The average Bonchev–Trinajstić information content (AvgIpc) is 3.12. The molecule has 1 amide bonds. The lowest BCUT2D eigenvalue weighted by atomic mass is 9.94. The second-order valence-corrected chi connectivity index (χ2v) is 8.68. The van der Waals surface area contributed by atoms with Crippen LogP contribution in [0.15, 0.2) is 66.2 Å². The van der Waals surface area contributed by atoms with E-state index in [4.69, 9.17) is 16.3 Å². The molecule has 1 aliphatic rings. The van der Waals surface area contributed by atoms with E-state index in [1.165, 1.54) is 17.0 Å². The summed E-state index contributed by atoms with van der Waals surface area (Å²) in [5.74, 6) is -1.94. The SMILES string of the molecule is CCOc1ccc(/C(O)=C2\C(=O)C(=O)N(c3ccc(F)c(Cl)c3)C2c2ccc(CC)cc2)cc1C. The summed E-state index contributed by atoms with van der Waals surface area (Å²) in [4.78, 5) is 27.8. The zero-order valence-electron chi connectivity index (χ0n) is 19.6. The fourth-order valence-electron chi connectivity index (χ4n) is 4.25. The third-order valence-electron chi connectivity index (χ3n) is 6.08. The maximum absolute atomic E-state index is 13.9. The van der Waals surface area contributed by atoms with E-state index in [1.54, 1.807) is 18.2 Å². The van der Waals surface area contributed by atoms with E-state index in [0.717, 1.165) is 23.6 Å². The zero-order valence-corrected chi connectivity index (χ0v) is 20.4. The van der Waals surface area contributed by atoms with Crippen LogP contribution in [-0.2, 0) is 16.0 Å². The number of ketones is 1. The first-order valence-corrected chi connectivity index (χ1v) is 11.7. The quantitative estimate of drug-likeness (QED) is 0.246. The standard InChI is InChI=1S/C28H25ClFNO4/c1-4-17-6-8-18(9-7-17)25-24(26(32)19-10-13-23(35-5-2)16(3)14-19)27(33)28(34)31(25)20-11-12-22(30)21(29)15-20/h6-15,25,32H,4-5H2,1-3H3/b26-24+. The first-order chi connectivity index (χ1) is 16.8. The van der Waals surface area contributed by atoms with Crippen molar-refractivity contribution < 1.29 is 23.8 Å². The Morgan fingerprint density at radius 3 is 2.37 bits per heavy atom. The number of aliphatic hydroxyl groups is 1. The molecular weight excluding hydrogens is 469 g/mol. The van der Waals surface area contributed by atoms with Gasteiger partial charge in [0.05, 0.1) is 23.2 Å². The molecule has 7 heteroatoms. The molecule has 3 aromatic rings. The summed E-state index contributed by atoms with van der Waals surface area (Å²) in [6.45, 7) is 6.23. The van der Waals surface area contributed by atoms with Crippen LogP contribution >= 0.6 is 11.6 Å². The van der Waals surface area contributed by atoms with Gasteiger partial charge >= 0.3 is 0 Å². The number of aryl methyl sites for hydroxylation is 2. The van der Waals surface area contributed by atoms with Crippen molar-refractivity contribution in [3.63, 3.8) is 0 Å². The molecule has 1 N–H and O–H groups in total. The molecule has 3 aromatic carbocycles. The van der Waals surface area contributed by atoms with Crippen molar-refractivity contribution in [1.29, 1.82) is 0 Å². The number of Topliss-reactive ketones (excluding diaryl/α,β-unsaturated/α-hetero) is 1. The van der Waals surface area contributed by atoms with Gasteiger partial charge in [-0.15, -0.1) is 0 Å². The van der Waals surface area contributed by atoms with Crippen molar-refractivity contribution >= 4 is 34.7 Å². The van der Waals surface area contributed by atoms with Gasteiger partial charge in [0.15, 0.2) is 0 Å². The van der Waals surface area contributed by atoms with Gasteiger partial charge in [0.1, 0.15) is 17.3 Å². The number of anilines is 1. The van der Waals surface area contributed by atoms with E-state index < -0.39 is 23.5 Å². The van der Waals surface area contributed by atoms with Crippen LogP contribution in [0, 0.1) is 12.7 Å². The van der Waals surface area contributed by atoms with Crippen LogP contribution in [0.2, 0.25) is 5.02 Å². The van der Waals surface area contributed by atoms with Gasteiger partial charge < -0.3 is 9.84 Å². The number of carbonyl (C=O) groups is 2. The van der Waals surface area contributed by atoms with Crippen LogP contribution in [0.5, 0.6) is 5.75 Å². The van der Waals surface area contributed by atoms with Crippen molar-refractivity contribution in [3.05, 3.63) is 99.3 Å². The third-order valence-corrected chi connectivity index (χ3v) is 6.37. The number of aliphatic hydroxyl groups excluding tert-OH is 1. The molecule has 0 spiro atoms. The Bertz CT molecular complexity index is 1330. The maximum Gasteiger partial charge on any atom is 0.300 e. The molecule has 0 aliphatic carbocycles. The molecule has 1 aliphatic heterocycles. The van der Waals surface area contributed by atoms with Crippen LogP contribution in [0.1, 0.15) is 42.1 Å². The smallest absolute Gasteiger partial charge is 0.300 e. The first kappa shape index (κ1) is 24.5. The van der Waals surface area contributed by atoms with Crippen molar-refractivity contribution in [2.45, 2.75) is 33.2 Å². The molecule has 1 saturated heterocycles. The number of halogens is 2. The Labute approximate surface area is 208 Å². The van der Waals surface area contributed by atoms with E-state index in [9.17, 15) is 19.1 Å². The monoisotopic (exact) mass is 493 g/mol. The second kappa shape index (κ2) is 9.92. The Morgan fingerprint density at radius 1 is 1.06 bits per heavy atom. The topological polar surface area (TPSA) is 66.8 Å². The van der Waals surface area contributed by atoms with Gasteiger partial charge in [0.2, 0.25) is 0 Å². The van der Waals surface area contributed by atoms with Crippen LogP contribution in [0.3, 0.4) is 0 Å². The molecule has 0 saturated carbocycles. The van der Waals surface area contributed by atoms with Crippen LogP contribution in [-0.4, -0.2) is 23.4 Å². The van der Waals surface area contributed by atoms with Gasteiger partial charge in [-0.05, 0) is 73.4 Å². The number of nitrogens with zero attached hydrogens (tertiary/aromatic N) is 1. The molecule has 0 radical (unpaired) electrons. The van der Waals surface area contributed by atoms with Gasteiger partial charge in [0.25, 0.3) is 11.7 Å². The number of benzene rings is 3. The summed E-state index contributed by atoms with van der Waals surface area (Å²) in [7, 11) is 0. The van der Waals surface area contributed by atoms with Crippen molar-refractivity contribution in [1.82, 2.24) is 0 Å². The highest BCUT2D eigenvalue weighted by molar-refractivity contribution is 6.51. The highest BCUT2D eigenvalue weighted by atomic mass is 35.5. The summed E-state index contributed by atoms with van der Waals surface area (Å²) < 4.78 is 19.4. The number of hydrogen-bond acceptors (Lipinski definition) is 4. The molecule has 4 rings (SSSR count). The Balaban J connectivity index is 1.91. The number of carbonyl (C=O) groups excluding carboxylic acids is 2. The summed E-state index contributed by atoms with van der Waals surface area (Å²) >= 11 is 5.99. The Morgan fingerprint density at radius 2 is 1.77 bits per heavy atom. The molecule has 35 heavy (non-hydrogen) atoms. The van der Waals surface area contributed by atoms with Gasteiger partial charge in [0, 0.05) is 11.3 Å². The van der Waals surface area contributed by atoms with Crippen LogP contribution < -0.4 is 9.64 Å². The highest BCUT2D eigenvalue weighted by Crippen LogP contribution is 2.43. The summed E-state index contributed by atoms with van der Waals surface area (Å²) in [6.07, 6.45) is 0.819. The fraction of sp³-hybridized carbons (Fsp3) is 0.214. The minimum atomic E-state index is -0.922. The predicted octanol–water partition coefficient (Wildman–Crippen LogP) is 6.37. The molecular formula is C28H25ClFNO4. The van der Waals surface area contributed by atoms with E-state index in [1.807, 2.05) is 45.0 Å². The van der Waals surface area contributed by atoms with E-state index >= 15 is 0 Å². The number of amides is 1. The van der Waals surface area contributed by atoms with E-state index in [-0.39, 0.29) is 22.0 Å². The zero-order chi connectivity index (χ0) is 25.3. The molecule has 1 fully saturated rings.